The highest BCUT2D eigenvalue weighted by atomic mass is 79.9. The largest absolute Gasteiger partial charge is 0.493 e. The maximum absolute atomic E-state index is 13.1. The van der Waals surface area contributed by atoms with Crippen LogP contribution in [0, 0.1) is 5.82 Å². The Bertz CT molecular complexity index is 655. The van der Waals surface area contributed by atoms with Gasteiger partial charge in [-0.05, 0) is 40.5 Å². The van der Waals surface area contributed by atoms with Crippen molar-refractivity contribution < 1.29 is 9.50 Å². The number of rotatable bonds is 2. The first-order chi connectivity index (χ1) is 8.52. The quantitative estimate of drug-likeness (QED) is 0.895. The predicted octanol–water partition coefficient (Wildman–Crippen LogP) is 2.61. The van der Waals surface area contributed by atoms with Crippen LogP contribution in [0.15, 0.2) is 27.5 Å². The van der Waals surface area contributed by atoms with E-state index in [1.54, 1.807) is 6.92 Å². The van der Waals surface area contributed by atoms with E-state index >= 15 is 0 Å². The third-order valence-electron chi connectivity index (χ3n) is 2.54. The number of nitrogens with zero attached hydrogens (tertiary/aromatic N) is 1. The Balaban J connectivity index is 2.58. The molecule has 2 N–H and O–H groups in total. The summed E-state index contributed by atoms with van der Waals surface area (Å²) in [6.07, 6.45) is 0.390. The molecule has 0 radical (unpaired) electrons. The van der Waals surface area contributed by atoms with Crippen LogP contribution in [0.3, 0.4) is 0 Å². The molecule has 0 bridgehead atoms. The summed E-state index contributed by atoms with van der Waals surface area (Å²) in [7, 11) is 0. The highest BCUT2D eigenvalue weighted by Gasteiger charge is 2.11. The van der Waals surface area contributed by atoms with Crippen LogP contribution in [-0.4, -0.2) is 15.1 Å². The van der Waals surface area contributed by atoms with Crippen molar-refractivity contribution in [2.75, 3.05) is 0 Å². The molecular weight excluding hydrogens is 303 g/mol. The molecule has 0 amide bonds. The summed E-state index contributed by atoms with van der Waals surface area (Å²) in [4.78, 5) is 18.1. The minimum Gasteiger partial charge on any atom is -0.493 e. The smallest absolute Gasteiger partial charge is 0.258 e. The SMILES string of the molecule is CCc1c(O)nc(-c2ccc(F)c(Br)c2)[nH]c1=O. The van der Waals surface area contributed by atoms with Crippen molar-refractivity contribution in [1.82, 2.24) is 9.97 Å². The number of hydrogen-bond donors (Lipinski definition) is 2. The number of hydrogen-bond acceptors (Lipinski definition) is 3. The van der Waals surface area contributed by atoms with Crippen LogP contribution in [0.1, 0.15) is 12.5 Å². The van der Waals surface area contributed by atoms with Crippen molar-refractivity contribution in [2.45, 2.75) is 13.3 Å². The second-order valence-corrected chi connectivity index (χ2v) is 4.55. The van der Waals surface area contributed by atoms with E-state index < -0.39 is 5.82 Å². The molecule has 18 heavy (non-hydrogen) atoms. The van der Waals surface area contributed by atoms with Crippen LogP contribution in [-0.2, 0) is 6.42 Å². The first-order valence-corrected chi connectivity index (χ1v) is 6.09. The highest BCUT2D eigenvalue weighted by molar-refractivity contribution is 9.10. The third kappa shape index (κ3) is 2.28. The van der Waals surface area contributed by atoms with Crippen molar-refractivity contribution in [3.63, 3.8) is 0 Å². The number of nitrogens with one attached hydrogen (secondary N) is 1. The zero-order valence-electron chi connectivity index (χ0n) is 9.50. The topological polar surface area (TPSA) is 66.0 Å². The number of aromatic hydroxyl groups is 1. The molecule has 2 rings (SSSR count). The Kier molecular flexibility index (Phi) is 3.47. The number of aromatic nitrogens is 2. The van der Waals surface area contributed by atoms with Crippen LogP contribution >= 0.6 is 15.9 Å². The molecule has 0 spiro atoms. The minimum atomic E-state index is -0.407. The van der Waals surface area contributed by atoms with Gasteiger partial charge in [-0.2, -0.15) is 4.98 Å². The molecule has 94 valence electrons. The van der Waals surface area contributed by atoms with Crippen LogP contribution in [0.4, 0.5) is 4.39 Å². The number of benzene rings is 1. The van der Waals surface area contributed by atoms with Crippen LogP contribution < -0.4 is 5.56 Å². The number of aromatic amines is 1. The zero-order chi connectivity index (χ0) is 13.3. The Hall–Kier alpha value is -1.69. The van der Waals surface area contributed by atoms with E-state index in [1.165, 1.54) is 18.2 Å². The van der Waals surface area contributed by atoms with Gasteiger partial charge in [0.15, 0.2) is 0 Å². The molecule has 1 heterocycles. The lowest BCUT2D eigenvalue weighted by molar-refractivity contribution is 0.444. The Morgan fingerprint density at radius 2 is 2.22 bits per heavy atom. The summed E-state index contributed by atoms with van der Waals surface area (Å²) >= 11 is 3.05. The lowest BCUT2D eigenvalue weighted by Crippen LogP contribution is -2.14. The van der Waals surface area contributed by atoms with Gasteiger partial charge in [-0.15, -0.1) is 0 Å². The van der Waals surface area contributed by atoms with E-state index in [0.29, 0.717) is 12.0 Å². The monoisotopic (exact) mass is 312 g/mol. The maximum Gasteiger partial charge on any atom is 0.258 e. The van der Waals surface area contributed by atoms with E-state index in [-0.39, 0.29) is 27.3 Å². The molecule has 1 aromatic heterocycles. The molecule has 0 aliphatic heterocycles. The molecule has 2 aromatic rings. The van der Waals surface area contributed by atoms with Crippen molar-refractivity contribution in [3.05, 3.63) is 44.4 Å². The normalized spacial score (nSPS) is 10.6. The summed E-state index contributed by atoms with van der Waals surface area (Å²) in [6, 6.07) is 4.21. The van der Waals surface area contributed by atoms with Gasteiger partial charge in [-0.25, -0.2) is 4.39 Å². The molecule has 0 aliphatic carbocycles. The minimum absolute atomic E-state index is 0.204. The summed E-state index contributed by atoms with van der Waals surface area (Å²) < 4.78 is 13.4. The molecule has 0 aliphatic rings. The summed E-state index contributed by atoms with van der Waals surface area (Å²) in [5, 5.41) is 9.64. The van der Waals surface area contributed by atoms with Gasteiger partial charge in [0, 0.05) is 5.56 Å². The lowest BCUT2D eigenvalue weighted by Gasteiger charge is -2.05. The fraction of sp³-hybridized carbons (Fsp3) is 0.167. The zero-order valence-corrected chi connectivity index (χ0v) is 11.1. The molecular formula is C12H10BrFN2O2. The van der Waals surface area contributed by atoms with Crippen LogP contribution in [0.5, 0.6) is 5.88 Å². The molecule has 1 aromatic carbocycles. The van der Waals surface area contributed by atoms with E-state index in [4.69, 9.17) is 0 Å². The third-order valence-corrected chi connectivity index (χ3v) is 3.15. The second kappa shape index (κ2) is 4.89. The van der Waals surface area contributed by atoms with E-state index in [9.17, 15) is 14.3 Å². The molecule has 0 saturated heterocycles. The maximum atomic E-state index is 13.1. The fourth-order valence-electron chi connectivity index (χ4n) is 1.58. The molecule has 0 fully saturated rings. The first-order valence-electron chi connectivity index (χ1n) is 5.30. The second-order valence-electron chi connectivity index (χ2n) is 3.70. The Morgan fingerprint density at radius 3 is 2.78 bits per heavy atom. The summed E-state index contributed by atoms with van der Waals surface area (Å²) in [6.45, 7) is 1.75. The fourth-order valence-corrected chi connectivity index (χ4v) is 1.96. The highest BCUT2D eigenvalue weighted by Crippen LogP contribution is 2.23. The summed E-state index contributed by atoms with van der Waals surface area (Å²) in [5.74, 6) is -0.498. The standard InChI is InChI=1S/C12H10BrFN2O2/c1-2-7-11(17)15-10(16-12(7)18)6-3-4-9(14)8(13)5-6/h3-5H,2H2,1H3,(H2,15,16,17,18). The molecule has 0 atom stereocenters. The lowest BCUT2D eigenvalue weighted by atomic mass is 10.2. The van der Waals surface area contributed by atoms with E-state index in [1.807, 2.05) is 0 Å². The van der Waals surface area contributed by atoms with Gasteiger partial charge in [-0.1, -0.05) is 6.92 Å². The van der Waals surface area contributed by atoms with Crippen molar-refractivity contribution in [1.29, 1.82) is 0 Å². The molecule has 0 unspecified atom stereocenters. The Morgan fingerprint density at radius 1 is 1.50 bits per heavy atom. The van der Waals surface area contributed by atoms with Gasteiger partial charge >= 0.3 is 0 Å². The van der Waals surface area contributed by atoms with Crippen LogP contribution in [0.25, 0.3) is 11.4 Å². The van der Waals surface area contributed by atoms with Gasteiger partial charge in [0.2, 0.25) is 5.88 Å². The van der Waals surface area contributed by atoms with Crippen LogP contribution in [0.2, 0.25) is 0 Å². The van der Waals surface area contributed by atoms with Crippen molar-refractivity contribution in [3.8, 4) is 17.3 Å². The average Bonchev–Trinajstić information content (AvgIpc) is 2.32. The molecule has 4 nitrogen and oxygen atoms in total. The first kappa shape index (κ1) is 12.8. The average molecular weight is 313 g/mol. The Labute approximate surface area is 111 Å². The number of halogens is 2. The van der Waals surface area contributed by atoms with Gasteiger partial charge in [-0.3, -0.25) is 4.79 Å². The van der Waals surface area contributed by atoms with E-state index in [0.717, 1.165) is 0 Å². The van der Waals surface area contributed by atoms with Gasteiger partial charge in [0.1, 0.15) is 11.6 Å². The molecule has 0 saturated carbocycles. The summed E-state index contributed by atoms with van der Waals surface area (Å²) in [5.41, 5.74) is 0.360. The van der Waals surface area contributed by atoms with Crippen molar-refractivity contribution >= 4 is 15.9 Å². The number of H-pyrrole nitrogens is 1. The van der Waals surface area contributed by atoms with Gasteiger partial charge in [0.25, 0.3) is 5.56 Å². The van der Waals surface area contributed by atoms with E-state index in [2.05, 4.69) is 25.9 Å². The van der Waals surface area contributed by atoms with Gasteiger partial charge in [0.05, 0.1) is 10.0 Å². The van der Waals surface area contributed by atoms with Crippen molar-refractivity contribution in [2.24, 2.45) is 0 Å². The molecule has 6 heteroatoms. The predicted molar refractivity (Wildman–Crippen MR) is 69.0 cm³/mol. The van der Waals surface area contributed by atoms with Gasteiger partial charge < -0.3 is 10.1 Å².